The van der Waals surface area contributed by atoms with Crippen LogP contribution < -0.4 is 0 Å². The lowest BCUT2D eigenvalue weighted by atomic mass is 10.1. The second-order valence-electron chi connectivity index (χ2n) is 3.13. The Labute approximate surface area is 89.9 Å². The maximum Gasteiger partial charge on any atom is 0.192 e. The molecule has 0 spiro atoms. The summed E-state index contributed by atoms with van der Waals surface area (Å²) in [6.45, 7) is 1.81. The van der Waals surface area contributed by atoms with Crippen LogP contribution in [0.4, 0.5) is 0 Å². The van der Waals surface area contributed by atoms with E-state index in [4.69, 9.17) is 4.42 Å². The van der Waals surface area contributed by atoms with Crippen molar-refractivity contribution in [2.24, 2.45) is 0 Å². The van der Waals surface area contributed by atoms with Gasteiger partial charge in [-0.15, -0.1) is 0 Å². The molecule has 14 heavy (non-hydrogen) atoms. The largest absolute Gasteiger partial charge is 0.441 e. The van der Waals surface area contributed by atoms with Gasteiger partial charge in [0.25, 0.3) is 0 Å². The third kappa shape index (κ3) is 1.67. The first-order valence-electron chi connectivity index (χ1n) is 4.32. The summed E-state index contributed by atoms with van der Waals surface area (Å²) in [6, 6.07) is 5.52. The molecule has 2 aromatic rings. The summed E-state index contributed by atoms with van der Waals surface area (Å²) in [5.41, 5.74) is 2.40. The number of rotatable bonds is 2. The smallest absolute Gasteiger partial charge is 0.192 e. The maximum atomic E-state index is 9.59. The van der Waals surface area contributed by atoms with E-state index in [-0.39, 0.29) is 0 Å². The number of benzene rings is 1. The second-order valence-corrected chi connectivity index (χ2v) is 3.78. The van der Waals surface area contributed by atoms with E-state index in [0.29, 0.717) is 11.2 Å². The van der Waals surface area contributed by atoms with Crippen molar-refractivity contribution in [3.05, 3.63) is 29.7 Å². The van der Waals surface area contributed by atoms with Crippen molar-refractivity contribution in [2.45, 2.75) is 13.0 Å². The molecule has 0 radical (unpaired) electrons. The highest BCUT2D eigenvalue weighted by Gasteiger charge is 2.08. The molecule has 0 aliphatic heterocycles. The first kappa shape index (κ1) is 9.68. The van der Waals surface area contributed by atoms with Crippen LogP contribution in [0.15, 0.2) is 22.6 Å². The molecule has 3 nitrogen and oxygen atoms in total. The molecule has 1 aromatic heterocycles. The number of aliphatic hydroxyl groups is 1. The number of aliphatic hydroxyl groups excluding tert-OH is 1. The first-order valence-corrected chi connectivity index (χ1v) is 5.44. The van der Waals surface area contributed by atoms with Crippen LogP contribution in [0.2, 0.25) is 0 Å². The van der Waals surface area contributed by atoms with Gasteiger partial charge in [-0.1, -0.05) is 22.0 Å². The fraction of sp³-hybridized carbons (Fsp3) is 0.300. The lowest BCUT2D eigenvalue weighted by Gasteiger charge is -2.05. The van der Waals surface area contributed by atoms with Crippen molar-refractivity contribution in [1.29, 1.82) is 0 Å². The number of hydrogen-bond donors (Lipinski definition) is 1. The van der Waals surface area contributed by atoms with Crippen molar-refractivity contribution in [3.8, 4) is 0 Å². The third-order valence-electron chi connectivity index (χ3n) is 2.05. The van der Waals surface area contributed by atoms with E-state index in [1.54, 1.807) is 6.92 Å². The van der Waals surface area contributed by atoms with Gasteiger partial charge in [0.2, 0.25) is 0 Å². The molecule has 1 N–H and O–H groups in total. The molecule has 74 valence electrons. The summed E-state index contributed by atoms with van der Waals surface area (Å²) in [7, 11) is 0. The SMILES string of the molecule is Cc1nc2cc(C(O)CBr)ccc2o1. The van der Waals surface area contributed by atoms with Crippen LogP contribution in [-0.2, 0) is 0 Å². The molecule has 1 aromatic carbocycles. The van der Waals surface area contributed by atoms with Gasteiger partial charge in [0, 0.05) is 12.3 Å². The maximum absolute atomic E-state index is 9.59. The second kappa shape index (κ2) is 3.71. The molecule has 1 atom stereocenters. The fourth-order valence-electron chi connectivity index (χ4n) is 1.36. The lowest BCUT2D eigenvalue weighted by Crippen LogP contribution is -1.97. The molecule has 0 aliphatic carbocycles. The average Bonchev–Trinajstić information content (AvgIpc) is 2.55. The van der Waals surface area contributed by atoms with Gasteiger partial charge in [-0.05, 0) is 17.7 Å². The van der Waals surface area contributed by atoms with Crippen LogP contribution in [0.25, 0.3) is 11.1 Å². The normalized spacial score (nSPS) is 13.4. The van der Waals surface area contributed by atoms with Crippen LogP contribution >= 0.6 is 15.9 Å². The highest BCUT2D eigenvalue weighted by atomic mass is 79.9. The molecule has 2 rings (SSSR count). The standard InChI is InChI=1S/C10H10BrNO2/c1-6-12-8-4-7(9(13)5-11)2-3-10(8)14-6/h2-4,9,13H,5H2,1H3. The van der Waals surface area contributed by atoms with Crippen LogP contribution in [0.5, 0.6) is 0 Å². The van der Waals surface area contributed by atoms with Gasteiger partial charge in [-0.2, -0.15) is 0 Å². The predicted octanol–water partition coefficient (Wildman–Crippen LogP) is 2.56. The van der Waals surface area contributed by atoms with Crippen LogP contribution in [0.1, 0.15) is 17.6 Å². The molecule has 0 saturated heterocycles. The Morgan fingerprint density at radius 1 is 1.57 bits per heavy atom. The Morgan fingerprint density at radius 2 is 2.36 bits per heavy atom. The van der Waals surface area contributed by atoms with Crippen molar-refractivity contribution >= 4 is 27.0 Å². The summed E-state index contributed by atoms with van der Waals surface area (Å²) in [5.74, 6) is 0.644. The summed E-state index contributed by atoms with van der Waals surface area (Å²) in [4.78, 5) is 4.20. The van der Waals surface area contributed by atoms with Gasteiger partial charge in [0.05, 0.1) is 6.10 Å². The molecule has 0 amide bonds. The number of hydrogen-bond acceptors (Lipinski definition) is 3. The Bertz CT molecular complexity index is 452. The first-order chi connectivity index (χ1) is 6.70. The van der Waals surface area contributed by atoms with Gasteiger partial charge in [0.15, 0.2) is 11.5 Å². The van der Waals surface area contributed by atoms with Crippen molar-refractivity contribution < 1.29 is 9.52 Å². The van der Waals surface area contributed by atoms with Gasteiger partial charge in [0.1, 0.15) is 5.52 Å². The molecule has 0 aliphatic rings. The summed E-state index contributed by atoms with van der Waals surface area (Å²) >= 11 is 3.23. The molecule has 0 bridgehead atoms. The van der Waals surface area contributed by atoms with E-state index in [2.05, 4.69) is 20.9 Å². The quantitative estimate of drug-likeness (QED) is 0.840. The number of aryl methyl sites for hydroxylation is 1. The number of halogens is 1. The lowest BCUT2D eigenvalue weighted by molar-refractivity contribution is 0.205. The number of alkyl halides is 1. The predicted molar refractivity (Wildman–Crippen MR) is 57.5 cm³/mol. The summed E-state index contributed by atoms with van der Waals surface area (Å²) in [6.07, 6.45) is -0.489. The molecule has 1 unspecified atom stereocenters. The molecular formula is C10H10BrNO2. The van der Waals surface area contributed by atoms with E-state index < -0.39 is 6.10 Å². The van der Waals surface area contributed by atoms with E-state index in [1.807, 2.05) is 18.2 Å². The van der Waals surface area contributed by atoms with Gasteiger partial charge in [-0.25, -0.2) is 4.98 Å². The average molecular weight is 256 g/mol. The number of nitrogens with zero attached hydrogens (tertiary/aromatic N) is 1. The number of fused-ring (bicyclic) bond motifs is 1. The Morgan fingerprint density at radius 3 is 3.07 bits per heavy atom. The van der Waals surface area contributed by atoms with Crippen LogP contribution in [0.3, 0.4) is 0 Å². The third-order valence-corrected chi connectivity index (χ3v) is 2.66. The van der Waals surface area contributed by atoms with Gasteiger partial charge >= 0.3 is 0 Å². The summed E-state index contributed by atoms with van der Waals surface area (Å²) in [5, 5.41) is 10.1. The minimum absolute atomic E-state index is 0.489. The minimum Gasteiger partial charge on any atom is -0.441 e. The number of aromatic nitrogens is 1. The van der Waals surface area contributed by atoms with Crippen molar-refractivity contribution in [2.75, 3.05) is 5.33 Å². The molecule has 0 saturated carbocycles. The van der Waals surface area contributed by atoms with E-state index in [0.717, 1.165) is 16.7 Å². The van der Waals surface area contributed by atoms with Crippen LogP contribution in [0, 0.1) is 6.92 Å². The summed E-state index contributed by atoms with van der Waals surface area (Å²) < 4.78 is 5.33. The van der Waals surface area contributed by atoms with E-state index in [1.165, 1.54) is 0 Å². The fourth-order valence-corrected chi connectivity index (χ4v) is 1.73. The molecule has 1 heterocycles. The zero-order valence-electron chi connectivity index (χ0n) is 7.70. The zero-order valence-corrected chi connectivity index (χ0v) is 9.28. The van der Waals surface area contributed by atoms with Gasteiger partial charge < -0.3 is 9.52 Å². The monoisotopic (exact) mass is 255 g/mol. The van der Waals surface area contributed by atoms with Gasteiger partial charge in [-0.3, -0.25) is 0 Å². The topological polar surface area (TPSA) is 46.3 Å². The van der Waals surface area contributed by atoms with Crippen molar-refractivity contribution in [3.63, 3.8) is 0 Å². The molecule has 0 fully saturated rings. The molecular weight excluding hydrogens is 246 g/mol. The van der Waals surface area contributed by atoms with E-state index >= 15 is 0 Å². The van der Waals surface area contributed by atoms with Crippen LogP contribution in [-0.4, -0.2) is 15.4 Å². The minimum atomic E-state index is -0.489. The number of oxazole rings is 1. The van der Waals surface area contributed by atoms with E-state index in [9.17, 15) is 5.11 Å². The molecule has 4 heteroatoms. The van der Waals surface area contributed by atoms with Crippen molar-refractivity contribution in [1.82, 2.24) is 4.98 Å². The zero-order chi connectivity index (χ0) is 10.1. The Hall–Kier alpha value is -0.870. The highest BCUT2D eigenvalue weighted by molar-refractivity contribution is 9.09. The Balaban J connectivity index is 2.50. The highest BCUT2D eigenvalue weighted by Crippen LogP contribution is 2.21. The Kier molecular flexibility index (Phi) is 2.56.